The third-order valence-corrected chi connectivity index (χ3v) is 5.51. The van der Waals surface area contributed by atoms with Crippen molar-refractivity contribution in [3.8, 4) is 0 Å². The summed E-state index contributed by atoms with van der Waals surface area (Å²) >= 11 is 0. The second kappa shape index (κ2) is 7.09. The Kier molecular flexibility index (Phi) is 5.43. The van der Waals surface area contributed by atoms with Crippen LogP contribution >= 0.6 is 0 Å². The predicted octanol–water partition coefficient (Wildman–Crippen LogP) is 2.98. The lowest BCUT2D eigenvalue weighted by atomic mass is 9.87. The quantitative estimate of drug-likeness (QED) is 0.848. The molecule has 1 aliphatic carbocycles. The van der Waals surface area contributed by atoms with Gasteiger partial charge in [0.05, 0.1) is 5.69 Å². The molecular formula is C15H24N2O2S. The van der Waals surface area contributed by atoms with Gasteiger partial charge in [-0.05, 0) is 31.5 Å². The number of benzene rings is 1. The summed E-state index contributed by atoms with van der Waals surface area (Å²) in [4.78, 5) is 0.325. The highest BCUT2D eigenvalue weighted by Crippen LogP contribution is 2.27. The lowest BCUT2D eigenvalue weighted by molar-refractivity contribution is 0.345. The van der Waals surface area contributed by atoms with Gasteiger partial charge in [0.25, 0.3) is 0 Å². The van der Waals surface area contributed by atoms with Crippen LogP contribution in [0.1, 0.15) is 38.5 Å². The number of hydrogen-bond donors (Lipinski definition) is 2. The fourth-order valence-electron chi connectivity index (χ4n) is 2.84. The highest BCUT2D eigenvalue weighted by Gasteiger charge is 2.17. The average Bonchev–Trinajstić information content (AvgIpc) is 2.49. The molecule has 1 aromatic carbocycles. The Morgan fingerprint density at radius 3 is 2.55 bits per heavy atom. The van der Waals surface area contributed by atoms with Crippen molar-refractivity contribution in [1.82, 2.24) is 4.72 Å². The van der Waals surface area contributed by atoms with Crippen molar-refractivity contribution in [1.29, 1.82) is 0 Å². The van der Waals surface area contributed by atoms with Gasteiger partial charge in [-0.25, -0.2) is 13.1 Å². The first-order chi connectivity index (χ1) is 9.63. The molecule has 0 atom stereocenters. The molecule has 0 aliphatic heterocycles. The van der Waals surface area contributed by atoms with E-state index in [1.165, 1.54) is 39.2 Å². The van der Waals surface area contributed by atoms with Crippen molar-refractivity contribution in [3.05, 3.63) is 24.3 Å². The van der Waals surface area contributed by atoms with Crippen LogP contribution in [0.5, 0.6) is 0 Å². The van der Waals surface area contributed by atoms with Gasteiger partial charge in [0.2, 0.25) is 10.0 Å². The maximum Gasteiger partial charge on any atom is 0.242 e. The Morgan fingerprint density at radius 1 is 1.15 bits per heavy atom. The van der Waals surface area contributed by atoms with E-state index in [1.54, 1.807) is 12.1 Å². The van der Waals surface area contributed by atoms with Crippen LogP contribution in [0.3, 0.4) is 0 Å². The van der Waals surface area contributed by atoms with E-state index >= 15 is 0 Å². The second-order valence-electron chi connectivity index (χ2n) is 5.42. The molecule has 0 spiro atoms. The summed E-state index contributed by atoms with van der Waals surface area (Å²) in [6.07, 6.45) is 7.81. The number of anilines is 1. The molecule has 112 valence electrons. The van der Waals surface area contributed by atoms with Gasteiger partial charge in [0.1, 0.15) is 4.90 Å². The number of hydrogen-bond acceptors (Lipinski definition) is 3. The molecule has 1 fully saturated rings. The van der Waals surface area contributed by atoms with E-state index in [4.69, 9.17) is 0 Å². The molecule has 0 unspecified atom stereocenters. The van der Waals surface area contributed by atoms with Crippen LogP contribution in [-0.2, 0) is 10.0 Å². The van der Waals surface area contributed by atoms with E-state index in [0.717, 1.165) is 18.9 Å². The fraction of sp³-hybridized carbons (Fsp3) is 0.600. The predicted molar refractivity (Wildman–Crippen MR) is 82.4 cm³/mol. The van der Waals surface area contributed by atoms with Crippen LogP contribution in [-0.4, -0.2) is 22.0 Å². The molecule has 20 heavy (non-hydrogen) atoms. The summed E-state index contributed by atoms with van der Waals surface area (Å²) in [5.74, 6) is 0.796. The number of nitrogens with one attached hydrogen (secondary N) is 2. The first-order valence-electron chi connectivity index (χ1n) is 7.40. The Balaban J connectivity index is 1.95. The molecule has 0 aromatic heterocycles. The van der Waals surface area contributed by atoms with Gasteiger partial charge in [-0.15, -0.1) is 0 Å². The smallest absolute Gasteiger partial charge is 0.242 e. The molecule has 0 heterocycles. The van der Waals surface area contributed by atoms with Gasteiger partial charge in [-0.1, -0.05) is 44.2 Å². The maximum atomic E-state index is 11.9. The van der Waals surface area contributed by atoms with Crippen molar-refractivity contribution in [2.45, 2.75) is 43.4 Å². The Hall–Kier alpha value is -1.07. The van der Waals surface area contributed by atoms with Gasteiger partial charge < -0.3 is 5.32 Å². The van der Waals surface area contributed by atoms with Gasteiger partial charge in [0, 0.05) is 6.54 Å². The van der Waals surface area contributed by atoms with Crippen molar-refractivity contribution in [2.24, 2.45) is 5.92 Å². The number of rotatable bonds is 6. The van der Waals surface area contributed by atoms with Gasteiger partial charge in [0.15, 0.2) is 0 Å². The first kappa shape index (κ1) is 15.3. The van der Waals surface area contributed by atoms with Crippen molar-refractivity contribution < 1.29 is 8.42 Å². The minimum Gasteiger partial charge on any atom is -0.384 e. The van der Waals surface area contributed by atoms with Crippen LogP contribution in [0.2, 0.25) is 0 Å². The third-order valence-electron chi connectivity index (χ3n) is 4.04. The second-order valence-corrected chi connectivity index (χ2v) is 7.28. The standard InChI is InChI=1S/C15H24N2O2S/c1-16-20(18,19)15-10-6-5-9-14(15)17-12-11-13-7-3-2-4-8-13/h5-6,9-10,13,16-17H,2-4,7-8,11-12H2,1H3. The van der Waals surface area contributed by atoms with Gasteiger partial charge in [-0.2, -0.15) is 0 Å². The summed E-state index contributed by atoms with van der Waals surface area (Å²) in [5, 5.41) is 3.28. The van der Waals surface area contributed by atoms with E-state index in [-0.39, 0.29) is 0 Å². The Morgan fingerprint density at radius 2 is 1.85 bits per heavy atom. The minimum absolute atomic E-state index is 0.325. The highest BCUT2D eigenvalue weighted by molar-refractivity contribution is 7.89. The zero-order valence-corrected chi connectivity index (χ0v) is 12.9. The summed E-state index contributed by atoms with van der Waals surface area (Å²) in [5.41, 5.74) is 0.692. The van der Waals surface area contributed by atoms with Crippen LogP contribution in [0.15, 0.2) is 29.2 Å². The van der Waals surface area contributed by atoms with Crippen LogP contribution in [0.4, 0.5) is 5.69 Å². The van der Waals surface area contributed by atoms with E-state index in [1.807, 2.05) is 12.1 Å². The summed E-state index contributed by atoms with van der Waals surface area (Å²) in [7, 11) is -1.96. The molecule has 2 rings (SSSR count). The minimum atomic E-state index is -3.40. The van der Waals surface area contributed by atoms with Crippen LogP contribution in [0, 0.1) is 5.92 Å². The summed E-state index contributed by atoms with van der Waals surface area (Å²) < 4.78 is 26.2. The monoisotopic (exact) mass is 296 g/mol. The van der Waals surface area contributed by atoms with Crippen LogP contribution < -0.4 is 10.0 Å². The topological polar surface area (TPSA) is 58.2 Å². The zero-order chi connectivity index (χ0) is 14.4. The van der Waals surface area contributed by atoms with Crippen molar-refractivity contribution in [2.75, 3.05) is 18.9 Å². The van der Waals surface area contributed by atoms with E-state index in [9.17, 15) is 8.42 Å². The van der Waals surface area contributed by atoms with Gasteiger partial charge >= 0.3 is 0 Å². The molecule has 2 N–H and O–H groups in total. The molecule has 4 nitrogen and oxygen atoms in total. The van der Waals surface area contributed by atoms with E-state index < -0.39 is 10.0 Å². The number of sulfonamides is 1. The van der Waals surface area contributed by atoms with Crippen molar-refractivity contribution >= 4 is 15.7 Å². The first-order valence-corrected chi connectivity index (χ1v) is 8.88. The van der Waals surface area contributed by atoms with Crippen molar-refractivity contribution in [3.63, 3.8) is 0 Å². The molecular weight excluding hydrogens is 272 g/mol. The molecule has 5 heteroatoms. The molecule has 1 aliphatic rings. The molecule has 0 bridgehead atoms. The van der Waals surface area contributed by atoms with Crippen LogP contribution in [0.25, 0.3) is 0 Å². The van der Waals surface area contributed by atoms with Gasteiger partial charge in [-0.3, -0.25) is 0 Å². The summed E-state index contributed by atoms with van der Waals surface area (Å²) in [6, 6.07) is 7.06. The lowest BCUT2D eigenvalue weighted by Gasteiger charge is -2.22. The molecule has 0 saturated heterocycles. The lowest BCUT2D eigenvalue weighted by Crippen LogP contribution is -2.20. The maximum absolute atomic E-state index is 11.9. The summed E-state index contributed by atoms with van der Waals surface area (Å²) in [6.45, 7) is 0.834. The molecule has 1 aromatic rings. The molecule has 0 amide bonds. The van der Waals surface area contributed by atoms with E-state index in [0.29, 0.717) is 10.6 Å². The Labute approximate surface area is 122 Å². The van der Waals surface area contributed by atoms with E-state index in [2.05, 4.69) is 10.0 Å². The zero-order valence-electron chi connectivity index (χ0n) is 12.1. The SMILES string of the molecule is CNS(=O)(=O)c1ccccc1NCCC1CCCCC1. The average molecular weight is 296 g/mol. The fourth-order valence-corrected chi connectivity index (χ4v) is 3.75. The largest absolute Gasteiger partial charge is 0.384 e. The normalized spacial score (nSPS) is 17.1. The Bertz CT molecular complexity index is 522. The molecule has 0 radical (unpaired) electrons. The molecule has 1 saturated carbocycles. The highest BCUT2D eigenvalue weighted by atomic mass is 32.2. The number of para-hydroxylation sites is 1. The third kappa shape index (κ3) is 3.96.